The number of nitrogens with zero attached hydrogens (tertiary/aromatic N) is 1. The van der Waals surface area contributed by atoms with Gasteiger partial charge in [0.05, 0.1) is 11.7 Å². The Morgan fingerprint density at radius 3 is 1.93 bits per heavy atom. The molecule has 2 aromatic carbocycles. The van der Waals surface area contributed by atoms with Gasteiger partial charge in [-0.25, -0.2) is 0 Å². The van der Waals surface area contributed by atoms with Gasteiger partial charge >= 0.3 is 0 Å². The largest absolute Gasteiger partial charge is 0.508 e. The van der Waals surface area contributed by atoms with E-state index < -0.39 is 11.7 Å². The summed E-state index contributed by atoms with van der Waals surface area (Å²) in [5, 5.41) is 30.9. The molecule has 2 aromatic rings. The number of aromatic hydroxyl groups is 1. The van der Waals surface area contributed by atoms with Crippen molar-refractivity contribution in [1.29, 1.82) is 0 Å². The standard InChI is InChI=1S/C20H25NO3.3H2O/c1-15(19(23)16-7-9-18(22)10-8-16)21-13-11-20(24,12-14-21)17-5-3-2-4-6-17;;;/h2-10,15,19,22-24H,11-14H2,1H3;3*1H2/t15-,19+;;;/m0.../s1. The minimum atomic E-state index is -0.777. The predicted octanol–water partition coefficient (Wildman–Crippen LogP) is 0.324. The molecule has 7 heteroatoms. The number of hydrogen-bond donors (Lipinski definition) is 3. The molecule has 152 valence electrons. The monoisotopic (exact) mass is 381 g/mol. The molecule has 0 radical (unpaired) electrons. The second-order valence-corrected chi connectivity index (χ2v) is 6.71. The second-order valence-electron chi connectivity index (χ2n) is 6.71. The van der Waals surface area contributed by atoms with Crippen LogP contribution in [0, 0.1) is 0 Å². The van der Waals surface area contributed by atoms with E-state index in [1.807, 2.05) is 37.3 Å². The van der Waals surface area contributed by atoms with Crippen LogP contribution in [0.5, 0.6) is 5.75 Å². The lowest BCUT2D eigenvalue weighted by molar-refractivity contribution is -0.0501. The molecule has 0 aromatic heterocycles. The summed E-state index contributed by atoms with van der Waals surface area (Å²) >= 11 is 0. The van der Waals surface area contributed by atoms with Crippen LogP contribution in [0.25, 0.3) is 0 Å². The highest BCUT2D eigenvalue weighted by Gasteiger charge is 2.36. The summed E-state index contributed by atoms with van der Waals surface area (Å²) in [5.74, 6) is 0.199. The number of likely N-dealkylation sites (tertiary alicyclic amines) is 1. The highest BCUT2D eigenvalue weighted by molar-refractivity contribution is 5.28. The van der Waals surface area contributed by atoms with Crippen molar-refractivity contribution in [3.05, 3.63) is 65.7 Å². The highest BCUT2D eigenvalue weighted by atomic mass is 16.3. The Labute approximate surface area is 159 Å². The van der Waals surface area contributed by atoms with E-state index in [9.17, 15) is 15.3 Å². The smallest absolute Gasteiger partial charge is 0.115 e. The lowest BCUT2D eigenvalue weighted by atomic mass is 9.83. The van der Waals surface area contributed by atoms with Gasteiger partial charge < -0.3 is 31.7 Å². The summed E-state index contributed by atoms with van der Waals surface area (Å²) in [6.07, 6.45) is 0.696. The van der Waals surface area contributed by atoms with E-state index in [4.69, 9.17) is 0 Å². The summed E-state index contributed by atoms with van der Waals surface area (Å²) in [6.45, 7) is 3.48. The predicted molar refractivity (Wildman–Crippen MR) is 105 cm³/mol. The van der Waals surface area contributed by atoms with Crippen LogP contribution in [0.4, 0.5) is 0 Å². The van der Waals surface area contributed by atoms with Crippen molar-refractivity contribution in [2.75, 3.05) is 13.1 Å². The first kappa shape index (κ1) is 25.0. The molecule has 0 aliphatic carbocycles. The highest BCUT2D eigenvalue weighted by Crippen LogP contribution is 2.34. The number of piperidine rings is 1. The summed E-state index contributed by atoms with van der Waals surface area (Å²) in [6, 6.07) is 16.5. The van der Waals surface area contributed by atoms with Crippen LogP contribution in [-0.2, 0) is 5.60 Å². The molecule has 3 rings (SSSR count). The Bertz CT molecular complexity index is 656. The quantitative estimate of drug-likeness (QED) is 0.696. The number of hydrogen-bond acceptors (Lipinski definition) is 4. The Morgan fingerprint density at radius 1 is 0.889 bits per heavy atom. The summed E-state index contributed by atoms with van der Waals surface area (Å²) in [7, 11) is 0. The third-order valence-corrected chi connectivity index (χ3v) is 5.20. The third-order valence-electron chi connectivity index (χ3n) is 5.20. The van der Waals surface area contributed by atoms with Gasteiger partial charge in [-0.1, -0.05) is 42.5 Å². The first-order valence-corrected chi connectivity index (χ1v) is 8.48. The van der Waals surface area contributed by atoms with Crippen molar-refractivity contribution in [2.24, 2.45) is 0 Å². The molecule has 9 N–H and O–H groups in total. The van der Waals surface area contributed by atoms with E-state index in [0.29, 0.717) is 12.8 Å². The van der Waals surface area contributed by atoms with Crippen LogP contribution in [0.2, 0.25) is 0 Å². The molecule has 1 aliphatic heterocycles. The van der Waals surface area contributed by atoms with Crippen LogP contribution >= 0.6 is 0 Å². The van der Waals surface area contributed by atoms with Gasteiger partial charge in [-0.2, -0.15) is 0 Å². The molecule has 7 nitrogen and oxygen atoms in total. The Morgan fingerprint density at radius 2 is 1.41 bits per heavy atom. The van der Waals surface area contributed by atoms with Gasteiger partial charge in [-0.3, -0.25) is 4.90 Å². The maximum atomic E-state index is 10.9. The fraction of sp³-hybridized carbons (Fsp3) is 0.400. The first-order valence-electron chi connectivity index (χ1n) is 8.48. The maximum absolute atomic E-state index is 10.9. The lowest BCUT2D eigenvalue weighted by Crippen LogP contribution is -2.47. The SMILES string of the molecule is C[C@@H]([C@@H](O)c1ccc(O)cc1)N1CCC(O)(c2ccccc2)CC1.O.O.O. The molecule has 1 saturated heterocycles. The van der Waals surface area contributed by atoms with E-state index in [1.54, 1.807) is 24.3 Å². The molecular weight excluding hydrogens is 350 g/mol. The molecule has 1 fully saturated rings. The van der Waals surface area contributed by atoms with Crippen molar-refractivity contribution >= 4 is 0 Å². The van der Waals surface area contributed by atoms with Crippen molar-refractivity contribution in [1.82, 2.24) is 4.90 Å². The van der Waals surface area contributed by atoms with Crippen molar-refractivity contribution < 1.29 is 31.7 Å². The minimum Gasteiger partial charge on any atom is -0.508 e. The van der Waals surface area contributed by atoms with E-state index >= 15 is 0 Å². The average molecular weight is 381 g/mol. The molecule has 0 unspecified atom stereocenters. The second kappa shape index (κ2) is 10.4. The molecule has 27 heavy (non-hydrogen) atoms. The van der Waals surface area contributed by atoms with Crippen molar-refractivity contribution in [3.63, 3.8) is 0 Å². The summed E-state index contributed by atoms with van der Waals surface area (Å²) in [5.41, 5.74) is 0.988. The van der Waals surface area contributed by atoms with Gasteiger partial charge in [0, 0.05) is 19.1 Å². The van der Waals surface area contributed by atoms with Gasteiger partial charge in [-0.15, -0.1) is 0 Å². The van der Waals surface area contributed by atoms with Crippen molar-refractivity contribution in [2.45, 2.75) is 37.5 Å². The molecule has 2 atom stereocenters. The Hall–Kier alpha value is -2.00. The number of benzene rings is 2. The van der Waals surface area contributed by atoms with E-state index in [-0.39, 0.29) is 28.2 Å². The number of aliphatic hydroxyl groups is 2. The van der Waals surface area contributed by atoms with E-state index in [1.165, 1.54) is 0 Å². The number of rotatable bonds is 4. The van der Waals surface area contributed by atoms with Gasteiger partial charge in [-0.05, 0) is 43.0 Å². The molecule has 0 bridgehead atoms. The molecular formula is C20H31NO6. The van der Waals surface area contributed by atoms with Crippen LogP contribution in [0.15, 0.2) is 54.6 Å². The van der Waals surface area contributed by atoms with Gasteiger partial charge in [0.25, 0.3) is 0 Å². The van der Waals surface area contributed by atoms with Gasteiger partial charge in [0.2, 0.25) is 0 Å². The van der Waals surface area contributed by atoms with E-state index in [2.05, 4.69) is 4.90 Å². The van der Waals surface area contributed by atoms with Crippen LogP contribution in [-0.4, -0.2) is 55.8 Å². The maximum Gasteiger partial charge on any atom is 0.115 e. The fourth-order valence-corrected chi connectivity index (χ4v) is 3.49. The van der Waals surface area contributed by atoms with E-state index in [0.717, 1.165) is 24.2 Å². The first-order chi connectivity index (χ1) is 11.5. The number of aliphatic hydroxyl groups excluding tert-OH is 1. The fourth-order valence-electron chi connectivity index (χ4n) is 3.49. The van der Waals surface area contributed by atoms with Crippen LogP contribution in [0.1, 0.15) is 37.0 Å². The van der Waals surface area contributed by atoms with Crippen LogP contribution in [0.3, 0.4) is 0 Å². The van der Waals surface area contributed by atoms with Gasteiger partial charge in [0.15, 0.2) is 0 Å². The normalized spacial score (nSPS) is 18.2. The lowest BCUT2D eigenvalue weighted by Gasteiger charge is -2.42. The van der Waals surface area contributed by atoms with Crippen molar-refractivity contribution in [3.8, 4) is 5.75 Å². The molecule has 0 saturated carbocycles. The Balaban J connectivity index is 0.00000225. The zero-order valence-electron chi connectivity index (χ0n) is 15.5. The third kappa shape index (κ3) is 5.49. The zero-order valence-corrected chi connectivity index (χ0v) is 15.5. The summed E-state index contributed by atoms with van der Waals surface area (Å²) < 4.78 is 0. The topological polar surface area (TPSA) is 158 Å². The van der Waals surface area contributed by atoms with Crippen LogP contribution < -0.4 is 0 Å². The number of phenols is 1. The minimum absolute atomic E-state index is 0. The number of phenolic OH excluding ortho intramolecular Hbond substituents is 1. The molecule has 1 aliphatic rings. The van der Waals surface area contributed by atoms with Gasteiger partial charge in [0.1, 0.15) is 5.75 Å². The molecule has 0 amide bonds. The Kier molecular flexibility index (Phi) is 9.60. The molecule has 1 heterocycles. The average Bonchev–Trinajstić information content (AvgIpc) is 2.62. The molecule has 0 spiro atoms. The zero-order chi connectivity index (χ0) is 17.2. The summed E-state index contributed by atoms with van der Waals surface area (Å²) in [4.78, 5) is 2.22.